The van der Waals surface area contributed by atoms with Crippen LogP contribution in [0.15, 0.2) is 47.7 Å². The first kappa shape index (κ1) is 16.8. The molecule has 0 aromatic heterocycles. The number of carbonyl (C=O) groups excluding carboxylic acids is 1. The van der Waals surface area contributed by atoms with Gasteiger partial charge in [0, 0.05) is 17.5 Å². The van der Waals surface area contributed by atoms with Crippen molar-refractivity contribution in [3.8, 4) is 23.0 Å². The lowest BCUT2D eigenvalue weighted by molar-refractivity contribution is -0.274. The number of alkyl halides is 3. The Morgan fingerprint density at radius 1 is 1.00 bits per heavy atom. The zero-order valence-electron chi connectivity index (χ0n) is 14.0. The van der Waals surface area contributed by atoms with Gasteiger partial charge in [0.05, 0.1) is 5.57 Å². The van der Waals surface area contributed by atoms with Gasteiger partial charge in [-0.1, -0.05) is 12.1 Å². The predicted octanol–water partition coefficient (Wildman–Crippen LogP) is 3.65. The number of cyclic esters (lactones) is 1. The lowest BCUT2D eigenvalue weighted by Gasteiger charge is -2.26. The van der Waals surface area contributed by atoms with E-state index in [4.69, 9.17) is 18.9 Å². The molecule has 3 heterocycles. The summed E-state index contributed by atoms with van der Waals surface area (Å²) in [5.74, 6) is 0.0427. The second-order valence-corrected chi connectivity index (χ2v) is 6.31. The highest BCUT2D eigenvalue weighted by atomic mass is 19.4. The van der Waals surface area contributed by atoms with Crippen molar-refractivity contribution >= 4 is 5.97 Å². The maximum absolute atomic E-state index is 12.6. The summed E-state index contributed by atoms with van der Waals surface area (Å²) in [6, 6.07) is 8.78. The molecule has 6 nitrogen and oxygen atoms in total. The van der Waals surface area contributed by atoms with Crippen LogP contribution < -0.4 is 18.9 Å². The van der Waals surface area contributed by atoms with Gasteiger partial charge in [0.2, 0.25) is 6.79 Å². The number of esters is 1. The fourth-order valence-corrected chi connectivity index (χ4v) is 3.54. The van der Waals surface area contributed by atoms with Crippen LogP contribution in [0.2, 0.25) is 0 Å². The van der Waals surface area contributed by atoms with E-state index in [1.807, 2.05) is 0 Å². The average molecular weight is 392 g/mol. The molecule has 0 spiro atoms. The first-order valence-electron chi connectivity index (χ1n) is 8.26. The predicted molar refractivity (Wildman–Crippen MR) is 86.1 cm³/mol. The van der Waals surface area contributed by atoms with Gasteiger partial charge in [-0.15, -0.1) is 13.2 Å². The molecule has 2 aromatic rings. The molecule has 144 valence electrons. The van der Waals surface area contributed by atoms with E-state index in [0.717, 1.165) is 0 Å². The highest BCUT2D eigenvalue weighted by Crippen LogP contribution is 2.50. The molecule has 0 saturated carbocycles. The van der Waals surface area contributed by atoms with Crippen molar-refractivity contribution in [2.45, 2.75) is 12.3 Å². The van der Waals surface area contributed by atoms with Crippen LogP contribution in [-0.2, 0) is 9.53 Å². The largest absolute Gasteiger partial charge is 0.573 e. The Bertz CT molecular complexity index is 1030. The summed E-state index contributed by atoms with van der Waals surface area (Å²) in [6.45, 7) is 0.00424. The van der Waals surface area contributed by atoms with E-state index in [9.17, 15) is 18.0 Å². The van der Waals surface area contributed by atoms with Crippen molar-refractivity contribution in [3.05, 3.63) is 58.9 Å². The molecule has 28 heavy (non-hydrogen) atoms. The summed E-state index contributed by atoms with van der Waals surface area (Å²) in [6.07, 6.45) is -4.82. The normalized spacial score (nSPS) is 19.7. The van der Waals surface area contributed by atoms with Gasteiger partial charge in [0.1, 0.15) is 18.1 Å². The first-order chi connectivity index (χ1) is 13.4. The second kappa shape index (κ2) is 5.82. The van der Waals surface area contributed by atoms with Crippen LogP contribution in [0.25, 0.3) is 0 Å². The smallest absolute Gasteiger partial charge is 0.457 e. The summed E-state index contributed by atoms with van der Waals surface area (Å²) in [7, 11) is 0. The van der Waals surface area contributed by atoms with Gasteiger partial charge < -0.3 is 23.7 Å². The summed E-state index contributed by atoms with van der Waals surface area (Å²) in [4.78, 5) is 12.3. The fraction of sp³-hybridized carbons (Fsp3) is 0.211. The number of benzene rings is 2. The molecular weight excluding hydrogens is 381 g/mol. The number of ether oxygens (including phenoxy) is 5. The molecule has 3 aliphatic heterocycles. The van der Waals surface area contributed by atoms with Crippen LogP contribution in [-0.4, -0.2) is 25.7 Å². The topological polar surface area (TPSA) is 63.2 Å². The molecule has 0 bridgehead atoms. The molecule has 5 rings (SSSR count). The van der Waals surface area contributed by atoms with E-state index in [2.05, 4.69) is 4.74 Å². The minimum atomic E-state index is -4.82. The molecule has 9 heteroatoms. The highest BCUT2D eigenvalue weighted by Gasteiger charge is 2.41. The van der Waals surface area contributed by atoms with Crippen molar-refractivity contribution in [2.75, 3.05) is 13.4 Å². The molecule has 0 fully saturated rings. The number of hydrogen-bond acceptors (Lipinski definition) is 6. The van der Waals surface area contributed by atoms with Crippen molar-refractivity contribution in [3.63, 3.8) is 0 Å². The lowest BCUT2D eigenvalue weighted by Crippen LogP contribution is -2.19. The monoisotopic (exact) mass is 392 g/mol. The van der Waals surface area contributed by atoms with E-state index in [1.54, 1.807) is 18.2 Å². The third-order valence-electron chi connectivity index (χ3n) is 4.62. The summed E-state index contributed by atoms with van der Waals surface area (Å²) < 4.78 is 63.5. The summed E-state index contributed by atoms with van der Waals surface area (Å²) in [5, 5.41) is 0. The van der Waals surface area contributed by atoms with Gasteiger partial charge in [-0.2, -0.15) is 0 Å². The Hall–Kier alpha value is -3.36. The number of carbonyl (C=O) groups is 1. The molecule has 0 radical (unpaired) electrons. The van der Waals surface area contributed by atoms with Crippen LogP contribution >= 0.6 is 0 Å². The van der Waals surface area contributed by atoms with Crippen LogP contribution in [0, 0.1) is 0 Å². The highest BCUT2D eigenvalue weighted by molar-refractivity contribution is 5.95. The van der Waals surface area contributed by atoms with E-state index in [0.29, 0.717) is 34.1 Å². The number of fused-ring (bicyclic) bond motifs is 2. The Morgan fingerprint density at radius 3 is 2.57 bits per heavy atom. The average Bonchev–Trinajstić information content (AvgIpc) is 3.23. The minimum absolute atomic E-state index is 0.0444. The van der Waals surface area contributed by atoms with Gasteiger partial charge in [-0.05, 0) is 23.8 Å². The van der Waals surface area contributed by atoms with E-state index >= 15 is 0 Å². The zero-order valence-corrected chi connectivity index (χ0v) is 14.0. The van der Waals surface area contributed by atoms with Crippen molar-refractivity contribution in [1.82, 2.24) is 0 Å². The maximum Gasteiger partial charge on any atom is 0.573 e. The Morgan fingerprint density at radius 2 is 1.79 bits per heavy atom. The van der Waals surface area contributed by atoms with Crippen LogP contribution in [0.1, 0.15) is 17.0 Å². The number of rotatable bonds is 2. The number of halogens is 3. The first-order valence-corrected chi connectivity index (χ1v) is 8.26. The van der Waals surface area contributed by atoms with Gasteiger partial charge in [-0.3, -0.25) is 0 Å². The SMILES string of the molecule is O=C1OCC2=C1C(c1cccc(OC(F)(F)F)c1)c1cc3c(cc1O2)OCO3. The third kappa shape index (κ3) is 2.70. The zero-order chi connectivity index (χ0) is 19.5. The Kier molecular flexibility index (Phi) is 3.49. The quantitative estimate of drug-likeness (QED) is 0.727. The van der Waals surface area contributed by atoms with Gasteiger partial charge in [-0.25, -0.2) is 4.79 Å². The molecule has 2 aromatic carbocycles. The molecule has 0 saturated heterocycles. The van der Waals surface area contributed by atoms with Gasteiger partial charge in [0.15, 0.2) is 17.3 Å². The van der Waals surface area contributed by atoms with Crippen molar-refractivity contribution < 1.29 is 41.7 Å². The van der Waals surface area contributed by atoms with E-state index in [-0.39, 0.29) is 24.7 Å². The van der Waals surface area contributed by atoms with Crippen molar-refractivity contribution in [1.29, 1.82) is 0 Å². The second-order valence-electron chi connectivity index (χ2n) is 6.31. The lowest BCUT2D eigenvalue weighted by atomic mass is 9.82. The molecule has 0 N–H and O–H groups in total. The standard InChI is InChI=1S/C19H11F3O6/c20-19(21,22)28-10-3-1-2-9(4-10)16-11-5-13-14(26-8-25-13)6-12(11)27-15-7-24-18(23)17(15)16/h1-6,16H,7-8H2. The van der Waals surface area contributed by atoms with Gasteiger partial charge >= 0.3 is 12.3 Å². The van der Waals surface area contributed by atoms with Crippen LogP contribution in [0.5, 0.6) is 23.0 Å². The summed E-state index contributed by atoms with van der Waals surface area (Å²) in [5.41, 5.74) is 1.23. The fourth-order valence-electron chi connectivity index (χ4n) is 3.54. The van der Waals surface area contributed by atoms with E-state index < -0.39 is 18.2 Å². The molecule has 1 atom stereocenters. The van der Waals surface area contributed by atoms with E-state index in [1.165, 1.54) is 18.2 Å². The van der Waals surface area contributed by atoms with Gasteiger partial charge in [0.25, 0.3) is 0 Å². The number of hydrogen-bond donors (Lipinski definition) is 0. The Balaban J connectivity index is 1.65. The Labute approximate surface area is 156 Å². The van der Waals surface area contributed by atoms with Crippen LogP contribution in [0.4, 0.5) is 13.2 Å². The maximum atomic E-state index is 12.6. The van der Waals surface area contributed by atoms with Crippen molar-refractivity contribution in [2.24, 2.45) is 0 Å². The molecule has 3 aliphatic rings. The molecule has 1 unspecified atom stereocenters. The third-order valence-corrected chi connectivity index (χ3v) is 4.62. The summed E-state index contributed by atoms with van der Waals surface area (Å²) >= 11 is 0. The molecule has 0 amide bonds. The van der Waals surface area contributed by atoms with Crippen LogP contribution in [0.3, 0.4) is 0 Å². The molecule has 0 aliphatic carbocycles. The molecular formula is C19H11F3O6. The minimum Gasteiger partial charge on any atom is -0.457 e.